The summed E-state index contributed by atoms with van der Waals surface area (Å²) in [4.78, 5) is 9.37. The molecule has 1 aromatic carbocycles. The standard InChI is InChI=1S/C18H23ClN4O/c1-21-17(19)11-20-18(21)13-23-7-5-22(6-8-23)12-14-2-3-16-15(10-14)4-9-24-16/h2-3,10-11H,4-9,12-13H2,1H3. The van der Waals surface area contributed by atoms with Crippen LogP contribution in [0.25, 0.3) is 0 Å². The van der Waals surface area contributed by atoms with E-state index in [0.717, 1.165) is 63.9 Å². The van der Waals surface area contributed by atoms with Gasteiger partial charge >= 0.3 is 0 Å². The lowest BCUT2D eigenvalue weighted by Gasteiger charge is -2.34. The number of fused-ring (bicyclic) bond motifs is 1. The van der Waals surface area contributed by atoms with Gasteiger partial charge in [0.15, 0.2) is 0 Å². The second-order valence-corrected chi connectivity index (χ2v) is 7.04. The van der Waals surface area contributed by atoms with Gasteiger partial charge in [0, 0.05) is 46.2 Å². The van der Waals surface area contributed by atoms with E-state index in [-0.39, 0.29) is 0 Å². The van der Waals surface area contributed by atoms with E-state index in [9.17, 15) is 0 Å². The molecule has 0 N–H and O–H groups in total. The van der Waals surface area contributed by atoms with Gasteiger partial charge < -0.3 is 9.30 Å². The maximum absolute atomic E-state index is 6.07. The van der Waals surface area contributed by atoms with Crippen molar-refractivity contribution in [2.45, 2.75) is 19.5 Å². The lowest BCUT2D eigenvalue weighted by atomic mass is 10.1. The number of hydrogen-bond donors (Lipinski definition) is 0. The minimum atomic E-state index is 0.698. The van der Waals surface area contributed by atoms with E-state index in [2.05, 4.69) is 33.0 Å². The molecule has 2 aliphatic heterocycles. The summed E-state index contributed by atoms with van der Waals surface area (Å²) < 4.78 is 7.55. The number of ether oxygens (including phenoxy) is 1. The second kappa shape index (κ2) is 6.75. The Kier molecular flexibility index (Phi) is 4.48. The number of benzene rings is 1. The van der Waals surface area contributed by atoms with Crippen LogP contribution in [0.5, 0.6) is 5.75 Å². The highest BCUT2D eigenvalue weighted by Crippen LogP contribution is 2.26. The molecule has 2 aliphatic rings. The molecule has 0 aliphatic carbocycles. The van der Waals surface area contributed by atoms with E-state index in [4.69, 9.17) is 16.3 Å². The van der Waals surface area contributed by atoms with Gasteiger partial charge in [0.2, 0.25) is 0 Å². The molecule has 1 aromatic heterocycles. The number of piperazine rings is 1. The van der Waals surface area contributed by atoms with Crippen molar-refractivity contribution in [1.29, 1.82) is 0 Å². The number of nitrogens with zero attached hydrogens (tertiary/aromatic N) is 4. The minimum Gasteiger partial charge on any atom is -0.493 e. The Morgan fingerprint density at radius 2 is 1.88 bits per heavy atom. The van der Waals surface area contributed by atoms with Crippen LogP contribution >= 0.6 is 11.6 Å². The molecule has 1 saturated heterocycles. The van der Waals surface area contributed by atoms with Crippen LogP contribution in [-0.4, -0.2) is 52.1 Å². The topological polar surface area (TPSA) is 33.5 Å². The molecule has 0 bridgehead atoms. The van der Waals surface area contributed by atoms with E-state index in [1.165, 1.54) is 11.1 Å². The van der Waals surface area contributed by atoms with Crippen molar-refractivity contribution < 1.29 is 4.74 Å². The third-order valence-electron chi connectivity index (χ3n) is 5.02. The van der Waals surface area contributed by atoms with Crippen molar-refractivity contribution in [3.8, 4) is 5.75 Å². The highest BCUT2D eigenvalue weighted by molar-refractivity contribution is 6.29. The van der Waals surface area contributed by atoms with E-state index in [0.29, 0.717) is 5.15 Å². The highest BCUT2D eigenvalue weighted by atomic mass is 35.5. The van der Waals surface area contributed by atoms with Gasteiger partial charge in [-0.2, -0.15) is 0 Å². The number of hydrogen-bond acceptors (Lipinski definition) is 4. The fraction of sp³-hybridized carbons (Fsp3) is 0.500. The highest BCUT2D eigenvalue weighted by Gasteiger charge is 2.20. The van der Waals surface area contributed by atoms with Crippen molar-refractivity contribution >= 4 is 11.6 Å². The minimum absolute atomic E-state index is 0.698. The van der Waals surface area contributed by atoms with E-state index >= 15 is 0 Å². The summed E-state index contributed by atoms with van der Waals surface area (Å²) in [5.41, 5.74) is 2.75. The van der Waals surface area contributed by atoms with Crippen molar-refractivity contribution in [2.75, 3.05) is 32.8 Å². The first-order chi connectivity index (χ1) is 11.7. The Balaban J connectivity index is 1.31. The van der Waals surface area contributed by atoms with Crippen LogP contribution in [0, 0.1) is 0 Å². The lowest BCUT2D eigenvalue weighted by Crippen LogP contribution is -2.45. The van der Waals surface area contributed by atoms with Crippen LogP contribution in [0.15, 0.2) is 24.4 Å². The molecule has 3 heterocycles. The Morgan fingerprint density at radius 1 is 1.12 bits per heavy atom. The van der Waals surface area contributed by atoms with E-state index in [1.54, 1.807) is 6.20 Å². The molecule has 0 radical (unpaired) electrons. The first kappa shape index (κ1) is 15.9. The van der Waals surface area contributed by atoms with Crippen molar-refractivity contribution in [3.05, 3.63) is 46.5 Å². The van der Waals surface area contributed by atoms with Gasteiger partial charge in [0.05, 0.1) is 19.3 Å². The molecule has 0 amide bonds. The van der Waals surface area contributed by atoms with Crippen LogP contribution in [0.1, 0.15) is 17.0 Å². The molecule has 6 heteroatoms. The maximum Gasteiger partial charge on any atom is 0.128 e. The van der Waals surface area contributed by atoms with Crippen molar-refractivity contribution in [1.82, 2.24) is 19.4 Å². The zero-order chi connectivity index (χ0) is 16.5. The van der Waals surface area contributed by atoms with E-state index < -0.39 is 0 Å². The molecule has 1 fully saturated rings. The zero-order valence-electron chi connectivity index (χ0n) is 14.0. The summed E-state index contributed by atoms with van der Waals surface area (Å²) in [6.45, 7) is 7.03. The van der Waals surface area contributed by atoms with Gasteiger partial charge in [-0.3, -0.25) is 9.80 Å². The number of rotatable bonds is 4. The molecule has 2 aromatic rings. The smallest absolute Gasteiger partial charge is 0.128 e. The summed E-state index contributed by atoms with van der Waals surface area (Å²) in [5.74, 6) is 2.10. The summed E-state index contributed by atoms with van der Waals surface area (Å²) in [6.07, 6.45) is 2.77. The molecule has 5 nitrogen and oxygen atoms in total. The summed E-state index contributed by atoms with van der Waals surface area (Å²) in [5, 5.41) is 0.698. The molecule has 0 spiro atoms. The molecule has 0 unspecified atom stereocenters. The van der Waals surface area contributed by atoms with Crippen LogP contribution in [-0.2, 0) is 26.6 Å². The molecule has 4 rings (SSSR count). The first-order valence-electron chi connectivity index (χ1n) is 8.54. The third kappa shape index (κ3) is 3.29. The normalized spacial score (nSPS) is 18.6. The maximum atomic E-state index is 6.07. The predicted octanol–water partition coefficient (Wildman–Crippen LogP) is 2.33. The molecule has 24 heavy (non-hydrogen) atoms. The Hall–Kier alpha value is -1.56. The second-order valence-electron chi connectivity index (χ2n) is 6.65. The monoisotopic (exact) mass is 346 g/mol. The largest absolute Gasteiger partial charge is 0.493 e. The molecule has 0 saturated carbocycles. The van der Waals surface area contributed by atoms with Crippen LogP contribution in [0.3, 0.4) is 0 Å². The molecular formula is C18H23ClN4O. The Morgan fingerprint density at radius 3 is 2.58 bits per heavy atom. The SMILES string of the molecule is Cn1c(Cl)cnc1CN1CCN(Cc2ccc3c(c2)CCO3)CC1. The average molecular weight is 347 g/mol. The van der Waals surface area contributed by atoms with Gasteiger partial charge in [0.25, 0.3) is 0 Å². The molecule has 0 atom stereocenters. The van der Waals surface area contributed by atoms with Crippen LogP contribution in [0.4, 0.5) is 0 Å². The van der Waals surface area contributed by atoms with Crippen molar-refractivity contribution in [3.63, 3.8) is 0 Å². The van der Waals surface area contributed by atoms with Gasteiger partial charge in [-0.05, 0) is 17.2 Å². The zero-order valence-corrected chi connectivity index (χ0v) is 14.8. The van der Waals surface area contributed by atoms with Crippen molar-refractivity contribution in [2.24, 2.45) is 7.05 Å². The third-order valence-corrected chi connectivity index (χ3v) is 5.37. The summed E-state index contributed by atoms with van der Waals surface area (Å²) in [7, 11) is 1.97. The summed E-state index contributed by atoms with van der Waals surface area (Å²) >= 11 is 6.07. The number of halogens is 1. The van der Waals surface area contributed by atoms with Gasteiger partial charge in [-0.1, -0.05) is 23.7 Å². The molecule has 128 valence electrons. The van der Waals surface area contributed by atoms with Gasteiger partial charge in [-0.15, -0.1) is 0 Å². The van der Waals surface area contributed by atoms with E-state index in [1.807, 2.05) is 11.6 Å². The van der Waals surface area contributed by atoms with Gasteiger partial charge in [-0.25, -0.2) is 4.98 Å². The molecular weight excluding hydrogens is 324 g/mol. The lowest BCUT2D eigenvalue weighted by molar-refractivity contribution is 0.119. The fourth-order valence-corrected chi connectivity index (χ4v) is 3.62. The first-order valence-corrected chi connectivity index (χ1v) is 8.92. The number of aromatic nitrogens is 2. The Labute approximate surface area is 147 Å². The number of imidazole rings is 1. The Bertz CT molecular complexity index is 722. The van der Waals surface area contributed by atoms with Crippen LogP contribution < -0.4 is 4.74 Å². The summed E-state index contributed by atoms with van der Waals surface area (Å²) in [6, 6.07) is 6.63. The average Bonchev–Trinajstić information content (AvgIpc) is 3.18. The fourth-order valence-electron chi connectivity index (χ4n) is 3.47. The predicted molar refractivity (Wildman–Crippen MR) is 94.4 cm³/mol. The van der Waals surface area contributed by atoms with Crippen LogP contribution in [0.2, 0.25) is 5.15 Å². The van der Waals surface area contributed by atoms with Gasteiger partial charge in [0.1, 0.15) is 16.7 Å². The quantitative estimate of drug-likeness (QED) is 0.850.